The van der Waals surface area contributed by atoms with E-state index in [0.717, 1.165) is 230 Å². The molecule has 0 radical (unpaired) electrons. The van der Waals surface area contributed by atoms with Gasteiger partial charge < -0.3 is 93.3 Å². The van der Waals surface area contributed by atoms with E-state index < -0.39 is 60.2 Å². The van der Waals surface area contributed by atoms with E-state index in [4.69, 9.17) is 52.9 Å². The van der Waals surface area contributed by atoms with Crippen LogP contribution in [-0.4, -0.2) is 268 Å². The third-order valence-electron chi connectivity index (χ3n) is 25.4. The standard InChI is InChI=1S/C37H39N4O7.C33H35N3O5.C29H32N3O2.C4H10N2.3C2HF3O2/c1-4-38(5-2)25-11-13-29-31(23-25)47-30-22-24(3)10-12-28(30)36(29)26-8-6-7-9-27(26)37(46)40-20-18-39(19-21-40)32(42)16-17-35(45)48-41-33(43)14-15-34(41)44;1-4-34(5-2)23-11-13-27-29(21-23)41-28-20-22(3)10-12-26(28)32(27)24-8-6-7-9-25(24)33(40)36-18-16-35(17-19-36)30(37)14-15-31(38)39;1-4-31(5-2)21-11-13-25-27(19-21)34-26-18-20(3)10-12-24(26)28(25)22-8-6-7-9-23(22)29(33)32-16-14-30-15-17-32;1-2-6-4-3-5-1;3*3-2(4,5)1(6)7/h6-13,22-23H,4-5,14-21H2,1-3H3;6-13,20-21H,4-5,14-19H2,1-3H3;6-13,18-19,30H,4-5,14-17H2,1-3H3;5-6H,1-4H2;3*(H,6,7)/q+1;;+1;;;;/p-2. The van der Waals surface area contributed by atoms with Crippen LogP contribution in [0, 0.1) is 20.8 Å². The number of benzene rings is 9. The highest BCUT2D eigenvalue weighted by molar-refractivity contribution is 6.12. The van der Waals surface area contributed by atoms with E-state index in [1.54, 1.807) is 19.6 Å². The van der Waals surface area contributed by atoms with Gasteiger partial charge in [-0.2, -0.15) is 39.5 Å². The molecule has 8 aliphatic heterocycles. The molecule has 41 heteroatoms. The van der Waals surface area contributed by atoms with Gasteiger partial charge in [0.15, 0.2) is 0 Å². The first-order valence-corrected chi connectivity index (χ1v) is 49.0. The number of hydrogen-bond acceptors (Lipinski definition) is 22. The van der Waals surface area contributed by atoms with Crippen LogP contribution in [0.25, 0.3) is 100 Å². The van der Waals surface area contributed by atoms with Gasteiger partial charge in [0.25, 0.3) is 29.5 Å². The number of nitrogens with zero attached hydrogens (tertiary/aromatic N) is 9. The number of carboxylic acid groups (broad SMARTS) is 4. The second kappa shape index (κ2) is 52.4. The molecule has 796 valence electrons. The number of carboxylic acids is 4. The minimum absolute atomic E-state index is 0.00431. The molecular formula is C109H117F9N12O20. The van der Waals surface area contributed by atoms with Gasteiger partial charge >= 0.3 is 30.5 Å². The number of halogens is 9. The van der Waals surface area contributed by atoms with Crippen LogP contribution in [0.5, 0.6) is 0 Å². The van der Waals surface area contributed by atoms with Crippen molar-refractivity contribution in [2.45, 2.75) is 119 Å². The number of rotatable bonds is 19. The first kappa shape index (κ1) is 115. The van der Waals surface area contributed by atoms with Gasteiger partial charge in [-0.25, -0.2) is 18.5 Å². The molecule has 5 fully saturated rings. The van der Waals surface area contributed by atoms with Crippen LogP contribution in [0.15, 0.2) is 195 Å². The molecule has 11 aliphatic rings. The molecule has 6 aromatic rings. The van der Waals surface area contributed by atoms with Crippen molar-refractivity contribution in [2.75, 3.05) is 144 Å². The Morgan fingerprint density at radius 3 is 0.887 bits per heavy atom. The van der Waals surface area contributed by atoms with Crippen LogP contribution < -0.4 is 61.1 Å². The fourth-order valence-corrected chi connectivity index (χ4v) is 17.7. The maximum atomic E-state index is 14.1. The molecule has 5 saturated heterocycles. The smallest absolute Gasteiger partial charge is 0.430 e. The fourth-order valence-electron chi connectivity index (χ4n) is 17.7. The number of aliphatic carboxylic acids is 4. The van der Waals surface area contributed by atoms with Gasteiger partial charge in [-0.15, -0.1) is 5.06 Å². The molecular weight excluding hydrogens is 1970 g/mol. The summed E-state index contributed by atoms with van der Waals surface area (Å²) in [4.78, 5) is 153. The highest BCUT2D eigenvalue weighted by atomic mass is 19.4. The lowest BCUT2D eigenvalue weighted by atomic mass is 9.90. The Labute approximate surface area is 856 Å². The number of hydrogen-bond donors (Lipinski definition) is 4. The average molecular weight is 2090 g/mol. The number of amides is 7. The normalized spacial score (nSPS) is 14.2. The molecule has 0 bridgehead atoms. The van der Waals surface area contributed by atoms with Gasteiger partial charge in [0.2, 0.25) is 27.9 Å². The van der Waals surface area contributed by atoms with Crippen molar-refractivity contribution in [1.82, 2.24) is 59.2 Å². The lowest BCUT2D eigenvalue weighted by Crippen LogP contribution is -2.50. The number of fused-ring (bicyclic) bond motifs is 6. The number of carbonyl (C=O) groups is 12. The molecule has 7 amide bonds. The van der Waals surface area contributed by atoms with E-state index in [0.29, 0.717) is 68.5 Å². The Balaban J connectivity index is 0.000000190. The highest BCUT2D eigenvalue weighted by Gasteiger charge is 2.37. The van der Waals surface area contributed by atoms with E-state index in [1.165, 1.54) is 0 Å². The quantitative estimate of drug-likeness (QED) is 0.0253. The van der Waals surface area contributed by atoms with Gasteiger partial charge in [0.05, 0.1) is 31.0 Å². The van der Waals surface area contributed by atoms with Crippen LogP contribution in [-0.2, 0) is 48.0 Å². The van der Waals surface area contributed by atoms with Crippen molar-refractivity contribution in [2.24, 2.45) is 0 Å². The fraction of sp³-hybridized carbons (Fsp3) is 0.367. The Morgan fingerprint density at radius 1 is 0.347 bits per heavy atom. The summed E-state index contributed by atoms with van der Waals surface area (Å²) in [5.74, 6) is -10.2. The van der Waals surface area contributed by atoms with Crippen molar-refractivity contribution < 1.29 is 136 Å². The summed E-state index contributed by atoms with van der Waals surface area (Å²) in [6.07, 6.45) is -16.2. The molecule has 4 N–H and O–H groups in total. The Kier molecular flexibility index (Phi) is 40.1. The predicted octanol–water partition coefficient (Wildman–Crippen LogP) is 9.92. The van der Waals surface area contributed by atoms with Gasteiger partial charge in [-0.1, -0.05) is 91.0 Å². The summed E-state index contributed by atoms with van der Waals surface area (Å²) in [7, 11) is 0. The largest absolute Gasteiger partial charge is 0.542 e. The van der Waals surface area contributed by atoms with Crippen molar-refractivity contribution in [3.8, 4) is 67.4 Å². The molecule has 0 unspecified atom stereocenters. The zero-order chi connectivity index (χ0) is 109. The van der Waals surface area contributed by atoms with E-state index in [1.807, 2.05) is 110 Å². The Bertz CT molecular complexity index is 6990. The minimum atomic E-state index is -5.19. The van der Waals surface area contributed by atoms with Crippen LogP contribution in [0.4, 0.5) is 39.5 Å². The topological polar surface area (TPSA) is 407 Å². The summed E-state index contributed by atoms with van der Waals surface area (Å²) >= 11 is 0. The van der Waals surface area contributed by atoms with E-state index in [-0.39, 0.29) is 68.1 Å². The molecule has 6 aromatic carbocycles. The number of imide groups is 1. The summed E-state index contributed by atoms with van der Waals surface area (Å²) in [5.41, 5.74) is 16.0. The zero-order valence-corrected chi connectivity index (χ0v) is 84.3. The maximum Gasteiger partial charge on any atom is 0.430 e. The van der Waals surface area contributed by atoms with Crippen LogP contribution in [0.3, 0.4) is 0 Å². The summed E-state index contributed by atoms with van der Waals surface area (Å²) in [6, 6.07) is 60.8. The zero-order valence-electron chi connectivity index (χ0n) is 84.3. The monoisotopic (exact) mass is 2080 g/mol. The highest BCUT2D eigenvalue weighted by Crippen LogP contribution is 2.46. The molecule has 0 spiro atoms. The third-order valence-corrected chi connectivity index (χ3v) is 25.4. The summed E-state index contributed by atoms with van der Waals surface area (Å²) in [6.45, 7) is 34.9. The molecule has 3 aliphatic carbocycles. The number of hydroxylamine groups is 2. The van der Waals surface area contributed by atoms with E-state index >= 15 is 0 Å². The minimum Gasteiger partial charge on any atom is -0.542 e. The van der Waals surface area contributed by atoms with Crippen molar-refractivity contribution in [3.63, 3.8) is 0 Å². The molecule has 32 nitrogen and oxygen atoms in total. The lowest BCUT2D eigenvalue weighted by molar-refractivity contribution is -0.344. The number of alkyl halides is 9. The molecule has 0 atom stereocenters. The molecule has 0 aromatic heterocycles. The molecule has 8 heterocycles. The van der Waals surface area contributed by atoms with Gasteiger partial charge in [-0.3, -0.25) is 38.4 Å². The average Bonchev–Trinajstić information content (AvgIpc) is 0.804. The molecule has 150 heavy (non-hydrogen) atoms. The Morgan fingerprint density at radius 2 is 0.613 bits per heavy atom. The third kappa shape index (κ3) is 29.5. The van der Waals surface area contributed by atoms with E-state index in [2.05, 4.69) is 169 Å². The van der Waals surface area contributed by atoms with Gasteiger partial charge in [-0.05, 0) is 150 Å². The summed E-state index contributed by atoms with van der Waals surface area (Å²) in [5, 5.41) is 51.7. The number of carbonyl (C=O) groups excluding carboxylic acids is 11. The molecule has 0 saturated carbocycles. The van der Waals surface area contributed by atoms with Gasteiger partial charge in [0.1, 0.15) is 91.2 Å². The SMILES string of the molecule is C1CNCCN1.CC[N+](CC)=c1ccc2c(-c3ccccc3C(=O)N3CCN(C(=O)CCC(=O)O)CC3)c3ccc(C)cc3oc-2c1.CC[N+](CC)=c1ccc2c(-c3ccccc3C(=O)N3CCN(C(=O)CCC(=O)ON4C(=O)CCC4=O)CC3)c3ccc(C)cc3oc-2c1.CC[N+](CC)=c1ccc2c(-c3ccccc3C(=O)N3CCNCC3)c3ccc(C)cc3oc-2c1.O=C([O-])C(F)(F)F.O=C([O-])C(F)(F)F.O=C([O-])C(F)(F)F. The van der Waals surface area contributed by atoms with Crippen molar-refractivity contribution in [3.05, 3.63) is 231 Å². The van der Waals surface area contributed by atoms with Crippen molar-refractivity contribution >= 4 is 104 Å². The second-order valence-electron chi connectivity index (χ2n) is 35.3. The molecule has 17 rings (SSSR count). The first-order valence-electron chi connectivity index (χ1n) is 49.0. The maximum absolute atomic E-state index is 14.1. The number of nitrogens with one attached hydrogen (secondary N) is 3. The second-order valence-corrected chi connectivity index (χ2v) is 35.3. The van der Waals surface area contributed by atoms with Crippen molar-refractivity contribution in [1.29, 1.82) is 0 Å². The van der Waals surface area contributed by atoms with E-state index in [9.17, 15) is 82.7 Å². The predicted molar refractivity (Wildman–Crippen MR) is 534 cm³/mol. The van der Waals surface area contributed by atoms with Crippen LogP contribution >= 0.6 is 0 Å². The summed E-state index contributed by atoms with van der Waals surface area (Å²) < 4.78 is 121. The first-order chi connectivity index (χ1) is 71.4. The van der Waals surface area contributed by atoms with Crippen LogP contribution in [0.2, 0.25) is 0 Å². The Hall–Kier alpha value is -15.5. The lowest BCUT2D eigenvalue weighted by Gasteiger charge is -2.35. The van der Waals surface area contributed by atoms with Gasteiger partial charge in [0, 0.05) is 215 Å². The number of piperazine rings is 4. The number of aryl methyl sites for hydroxylation is 3. The van der Waals surface area contributed by atoms with Crippen LogP contribution in [0.1, 0.15) is 128 Å².